The van der Waals surface area contributed by atoms with Gasteiger partial charge in [-0.25, -0.2) is 0 Å². The first-order chi connectivity index (χ1) is 9.28. The van der Waals surface area contributed by atoms with Crippen LogP contribution in [0, 0.1) is 0 Å². The minimum atomic E-state index is -0.108. The van der Waals surface area contributed by atoms with Gasteiger partial charge in [-0.05, 0) is 44.0 Å². The van der Waals surface area contributed by atoms with Gasteiger partial charge in [-0.2, -0.15) is 0 Å². The number of piperidine rings is 1. The molecule has 0 radical (unpaired) electrons. The van der Waals surface area contributed by atoms with Gasteiger partial charge in [-0.3, -0.25) is 4.90 Å². The molecule has 1 N–H and O–H groups in total. The van der Waals surface area contributed by atoms with Crippen LogP contribution in [0.2, 0.25) is 0 Å². The lowest BCUT2D eigenvalue weighted by Crippen LogP contribution is -2.38. The first-order valence-corrected chi connectivity index (χ1v) is 7.04. The number of hydrogen-bond acceptors (Lipinski definition) is 4. The van der Waals surface area contributed by atoms with Crippen LogP contribution in [-0.2, 0) is 0 Å². The van der Waals surface area contributed by atoms with Gasteiger partial charge in [0.1, 0.15) is 18.1 Å². The highest BCUT2D eigenvalue weighted by atomic mass is 16.5. The second-order valence-corrected chi connectivity index (χ2v) is 4.83. The smallest absolute Gasteiger partial charge is 0.119 e. The predicted molar refractivity (Wildman–Crippen MR) is 74.8 cm³/mol. The zero-order valence-corrected chi connectivity index (χ0v) is 11.5. The first-order valence-electron chi connectivity index (χ1n) is 7.04. The van der Waals surface area contributed by atoms with Crippen molar-refractivity contribution in [3.05, 3.63) is 24.3 Å². The average molecular weight is 265 g/mol. The maximum atomic E-state index is 9.43. The summed E-state index contributed by atoms with van der Waals surface area (Å²) in [7, 11) is 0. The van der Waals surface area contributed by atoms with E-state index in [-0.39, 0.29) is 6.10 Å². The lowest BCUT2D eigenvalue weighted by Gasteiger charge is -2.29. The lowest BCUT2D eigenvalue weighted by atomic mass is 10.1. The maximum absolute atomic E-state index is 9.43. The van der Waals surface area contributed by atoms with E-state index in [2.05, 4.69) is 4.90 Å². The van der Waals surface area contributed by atoms with Gasteiger partial charge in [0.25, 0.3) is 0 Å². The Bertz CT molecular complexity index is 358. The second kappa shape index (κ2) is 7.36. The Morgan fingerprint density at radius 1 is 1.11 bits per heavy atom. The highest BCUT2D eigenvalue weighted by Gasteiger charge is 2.16. The van der Waals surface area contributed by atoms with E-state index >= 15 is 0 Å². The summed E-state index contributed by atoms with van der Waals surface area (Å²) in [5.74, 6) is 1.75. The number of aliphatic hydroxyl groups excluding tert-OH is 1. The Labute approximate surface area is 114 Å². The molecular weight excluding hydrogens is 242 g/mol. The van der Waals surface area contributed by atoms with Gasteiger partial charge in [-0.15, -0.1) is 0 Å². The van der Waals surface area contributed by atoms with E-state index in [1.165, 1.54) is 0 Å². The summed E-state index contributed by atoms with van der Waals surface area (Å²) in [6.07, 6.45) is 1.65. The van der Waals surface area contributed by atoms with Crippen LogP contribution in [0.5, 0.6) is 11.5 Å². The number of hydrogen-bond donors (Lipinski definition) is 1. The molecular formula is C15H23NO3. The molecule has 0 bridgehead atoms. The van der Waals surface area contributed by atoms with Gasteiger partial charge < -0.3 is 14.6 Å². The highest BCUT2D eigenvalue weighted by molar-refractivity contribution is 5.31. The molecule has 1 aliphatic heterocycles. The van der Waals surface area contributed by atoms with Crippen molar-refractivity contribution in [2.24, 2.45) is 0 Å². The molecule has 0 saturated carbocycles. The Hall–Kier alpha value is -1.26. The van der Waals surface area contributed by atoms with Crippen LogP contribution in [0.1, 0.15) is 19.8 Å². The van der Waals surface area contributed by atoms with Gasteiger partial charge in [0.2, 0.25) is 0 Å². The van der Waals surface area contributed by atoms with E-state index in [9.17, 15) is 5.11 Å². The zero-order chi connectivity index (χ0) is 13.5. The molecule has 19 heavy (non-hydrogen) atoms. The van der Waals surface area contributed by atoms with Gasteiger partial charge in [-0.1, -0.05) is 0 Å². The minimum Gasteiger partial charge on any atom is -0.494 e. The van der Waals surface area contributed by atoms with Crippen molar-refractivity contribution in [1.82, 2.24) is 4.90 Å². The van der Waals surface area contributed by atoms with Crippen molar-refractivity contribution in [2.75, 3.05) is 32.8 Å². The SMILES string of the molecule is CCOc1ccc(OCCN2CCC(O)CC2)cc1. The van der Waals surface area contributed by atoms with Crippen LogP contribution in [0.25, 0.3) is 0 Å². The van der Waals surface area contributed by atoms with E-state index < -0.39 is 0 Å². The summed E-state index contributed by atoms with van der Waals surface area (Å²) in [5, 5.41) is 9.43. The van der Waals surface area contributed by atoms with Gasteiger partial charge >= 0.3 is 0 Å². The van der Waals surface area contributed by atoms with Crippen LogP contribution in [0.3, 0.4) is 0 Å². The topological polar surface area (TPSA) is 41.9 Å². The molecule has 1 aromatic rings. The number of likely N-dealkylation sites (tertiary alicyclic amines) is 1. The maximum Gasteiger partial charge on any atom is 0.119 e. The Morgan fingerprint density at radius 2 is 1.68 bits per heavy atom. The van der Waals surface area contributed by atoms with E-state index in [0.29, 0.717) is 13.2 Å². The molecule has 0 unspecified atom stereocenters. The van der Waals surface area contributed by atoms with E-state index in [1.54, 1.807) is 0 Å². The molecule has 0 aromatic heterocycles. The molecule has 0 amide bonds. The summed E-state index contributed by atoms with van der Waals surface area (Å²) >= 11 is 0. The summed E-state index contributed by atoms with van der Waals surface area (Å²) in [6, 6.07) is 7.72. The molecule has 0 spiro atoms. The Kier molecular flexibility index (Phi) is 5.48. The standard InChI is InChI=1S/C15H23NO3/c1-2-18-14-3-5-15(6-4-14)19-12-11-16-9-7-13(17)8-10-16/h3-6,13,17H,2,7-12H2,1H3. The summed E-state index contributed by atoms with van der Waals surface area (Å²) < 4.78 is 11.1. The third-order valence-electron chi connectivity index (χ3n) is 3.37. The van der Waals surface area contributed by atoms with Crippen molar-refractivity contribution in [3.8, 4) is 11.5 Å². The molecule has 4 nitrogen and oxygen atoms in total. The second-order valence-electron chi connectivity index (χ2n) is 4.83. The Morgan fingerprint density at radius 3 is 2.26 bits per heavy atom. The zero-order valence-electron chi connectivity index (χ0n) is 11.5. The Balaban J connectivity index is 1.67. The first kappa shape index (κ1) is 14.2. The molecule has 1 fully saturated rings. The normalized spacial score (nSPS) is 17.4. The quantitative estimate of drug-likeness (QED) is 0.853. The van der Waals surface area contributed by atoms with Crippen LogP contribution < -0.4 is 9.47 Å². The van der Waals surface area contributed by atoms with E-state index in [4.69, 9.17) is 9.47 Å². The van der Waals surface area contributed by atoms with Gasteiger partial charge in [0, 0.05) is 19.6 Å². The van der Waals surface area contributed by atoms with Crippen molar-refractivity contribution < 1.29 is 14.6 Å². The van der Waals surface area contributed by atoms with Crippen LogP contribution in [0.4, 0.5) is 0 Å². The number of aliphatic hydroxyl groups is 1. The summed E-state index contributed by atoms with van der Waals surface area (Å²) in [6.45, 7) is 6.19. The number of benzene rings is 1. The lowest BCUT2D eigenvalue weighted by molar-refractivity contribution is 0.0755. The molecule has 0 aliphatic carbocycles. The van der Waals surface area contributed by atoms with Crippen molar-refractivity contribution in [2.45, 2.75) is 25.9 Å². The average Bonchev–Trinajstić information content (AvgIpc) is 2.43. The fourth-order valence-corrected chi connectivity index (χ4v) is 2.23. The summed E-state index contributed by atoms with van der Waals surface area (Å²) in [5.41, 5.74) is 0. The van der Waals surface area contributed by atoms with Gasteiger partial charge in [0.05, 0.1) is 12.7 Å². The van der Waals surface area contributed by atoms with E-state index in [0.717, 1.165) is 44.0 Å². The van der Waals surface area contributed by atoms with E-state index in [1.807, 2.05) is 31.2 Å². The number of rotatable bonds is 6. The molecule has 4 heteroatoms. The minimum absolute atomic E-state index is 0.108. The van der Waals surface area contributed by atoms with Crippen LogP contribution >= 0.6 is 0 Å². The van der Waals surface area contributed by atoms with Gasteiger partial charge in [0.15, 0.2) is 0 Å². The largest absolute Gasteiger partial charge is 0.494 e. The third-order valence-corrected chi connectivity index (χ3v) is 3.37. The predicted octanol–water partition coefficient (Wildman–Crippen LogP) is 1.92. The monoisotopic (exact) mass is 265 g/mol. The molecule has 1 aromatic carbocycles. The van der Waals surface area contributed by atoms with Crippen molar-refractivity contribution >= 4 is 0 Å². The summed E-state index contributed by atoms with van der Waals surface area (Å²) in [4.78, 5) is 2.33. The van der Waals surface area contributed by atoms with Crippen molar-refractivity contribution in [1.29, 1.82) is 0 Å². The molecule has 106 valence electrons. The van der Waals surface area contributed by atoms with Crippen molar-refractivity contribution in [3.63, 3.8) is 0 Å². The van der Waals surface area contributed by atoms with Crippen LogP contribution in [0.15, 0.2) is 24.3 Å². The molecule has 1 saturated heterocycles. The molecule has 0 atom stereocenters. The third kappa shape index (κ3) is 4.73. The molecule has 1 aliphatic rings. The number of ether oxygens (including phenoxy) is 2. The number of nitrogens with zero attached hydrogens (tertiary/aromatic N) is 1. The fourth-order valence-electron chi connectivity index (χ4n) is 2.23. The fraction of sp³-hybridized carbons (Fsp3) is 0.600. The highest BCUT2D eigenvalue weighted by Crippen LogP contribution is 2.17. The van der Waals surface area contributed by atoms with Crippen LogP contribution in [-0.4, -0.2) is 49.0 Å². The molecule has 2 rings (SSSR count). The molecule has 1 heterocycles.